The molecule has 11 nitrogen and oxygen atoms in total. The molecule has 14 heteroatoms. The van der Waals surface area contributed by atoms with E-state index >= 15 is 0 Å². The number of thiophene rings is 1. The van der Waals surface area contributed by atoms with E-state index in [1.807, 2.05) is 0 Å². The minimum atomic E-state index is -0.762. The quantitative estimate of drug-likeness (QED) is 0.308. The summed E-state index contributed by atoms with van der Waals surface area (Å²) in [6, 6.07) is 8.03. The number of rotatable bonds is 5. The van der Waals surface area contributed by atoms with Gasteiger partial charge in [-0.05, 0) is 30.3 Å². The van der Waals surface area contributed by atoms with Crippen molar-refractivity contribution in [1.29, 1.82) is 0 Å². The molecule has 4 aromatic heterocycles. The Bertz CT molecular complexity index is 1530. The van der Waals surface area contributed by atoms with Crippen LogP contribution in [0, 0.1) is 21.9 Å². The average Bonchev–Trinajstić information content (AvgIpc) is 3.53. The Morgan fingerprint density at radius 2 is 1.91 bits per heavy atom. The molecule has 0 bridgehead atoms. The first-order valence-corrected chi connectivity index (χ1v) is 9.98. The van der Waals surface area contributed by atoms with Crippen LogP contribution in [0.5, 0.6) is 0 Å². The molecule has 4 heterocycles. The van der Waals surface area contributed by atoms with Crippen LogP contribution >= 0.6 is 11.3 Å². The number of anilines is 1. The summed E-state index contributed by atoms with van der Waals surface area (Å²) >= 11 is 0.705. The van der Waals surface area contributed by atoms with Crippen LogP contribution in [0.25, 0.3) is 22.7 Å². The van der Waals surface area contributed by atoms with Crippen molar-refractivity contribution in [1.82, 2.24) is 29.3 Å². The SMILES string of the molecule is O=C(Nc1nc(-n2cnc(F)c2)nc2c1cnn2-c1ccc(F)cc1)c1ccc([N+](=O)[O-])s1. The molecule has 0 spiro atoms. The second kappa shape index (κ2) is 7.83. The van der Waals surface area contributed by atoms with Gasteiger partial charge in [-0.25, -0.2) is 14.1 Å². The lowest BCUT2D eigenvalue weighted by atomic mass is 10.3. The Labute approximate surface area is 186 Å². The highest BCUT2D eigenvalue weighted by molar-refractivity contribution is 7.17. The second-order valence-electron chi connectivity index (χ2n) is 6.60. The standard InChI is InChI=1S/C19H10F2N8O3S/c20-10-1-3-11(4-2-10)28-17-12(7-23-28)16(25-19(26-17)27-8-14(21)22-9-27)24-18(30)13-5-6-15(33-13)29(31)32/h1-9H,(H,24,25,26,30). The Balaban J connectivity index is 1.62. The van der Waals surface area contributed by atoms with Crippen molar-refractivity contribution < 1.29 is 18.5 Å². The summed E-state index contributed by atoms with van der Waals surface area (Å²) in [4.78, 5) is 35.3. The van der Waals surface area contributed by atoms with Crippen LogP contribution in [0.15, 0.2) is 55.1 Å². The first kappa shape index (κ1) is 20.3. The van der Waals surface area contributed by atoms with Crippen molar-refractivity contribution in [2.45, 2.75) is 0 Å². The van der Waals surface area contributed by atoms with Crippen LogP contribution in [0.4, 0.5) is 19.6 Å². The number of nitrogens with one attached hydrogen (secondary N) is 1. The number of carbonyl (C=O) groups excluding carboxylic acids is 1. The molecular weight excluding hydrogens is 458 g/mol. The normalized spacial score (nSPS) is 11.1. The predicted octanol–water partition coefficient (Wildman–Crippen LogP) is 3.50. The Morgan fingerprint density at radius 1 is 1.12 bits per heavy atom. The molecule has 0 unspecified atom stereocenters. The summed E-state index contributed by atoms with van der Waals surface area (Å²) in [5.41, 5.74) is 0.729. The van der Waals surface area contributed by atoms with E-state index in [0.717, 1.165) is 12.5 Å². The number of benzene rings is 1. The number of amides is 1. The van der Waals surface area contributed by atoms with Crippen molar-refractivity contribution >= 4 is 39.1 Å². The van der Waals surface area contributed by atoms with Gasteiger partial charge in [0.1, 0.15) is 18.0 Å². The first-order chi connectivity index (χ1) is 15.9. The molecule has 0 radical (unpaired) electrons. The van der Waals surface area contributed by atoms with E-state index in [0.29, 0.717) is 22.4 Å². The van der Waals surface area contributed by atoms with Crippen molar-refractivity contribution in [2.24, 2.45) is 0 Å². The van der Waals surface area contributed by atoms with Crippen LogP contribution in [0.2, 0.25) is 0 Å². The molecule has 0 saturated carbocycles. The van der Waals surface area contributed by atoms with Gasteiger partial charge in [-0.2, -0.15) is 19.5 Å². The minimum Gasteiger partial charge on any atom is -0.305 e. The molecule has 0 aliphatic carbocycles. The smallest absolute Gasteiger partial charge is 0.305 e. The molecule has 0 saturated heterocycles. The van der Waals surface area contributed by atoms with Crippen LogP contribution in [-0.2, 0) is 0 Å². The van der Waals surface area contributed by atoms with Gasteiger partial charge in [-0.1, -0.05) is 11.3 Å². The number of halogens is 2. The number of carbonyl (C=O) groups is 1. The highest BCUT2D eigenvalue weighted by Crippen LogP contribution is 2.27. The van der Waals surface area contributed by atoms with E-state index in [9.17, 15) is 23.7 Å². The van der Waals surface area contributed by atoms with Crippen molar-refractivity contribution in [3.63, 3.8) is 0 Å². The van der Waals surface area contributed by atoms with E-state index in [1.165, 1.54) is 51.8 Å². The maximum atomic E-state index is 13.5. The summed E-state index contributed by atoms with van der Waals surface area (Å²) in [5, 5.41) is 17.9. The molecule has 5 aromatic rings. The molecule has 0 atom stereocenters. The van der Waals surface area contributed by atoms with Crippen LogP contribution in [0.3, 0.4) is 0 Å². The maximum Gasteiger partial charge on any atom is 0.324 e. The Hall–Kier alpha value is -4.59. The largest absolute Gasteiger partial charge is 0.324 e. The number of fused-ring (bicyclic) bond motifs is 1. The van der Waals surface area contributed by atoms with Gasteiger partial charge in [0, 0.05) is 6.07 Å². The van der Waals surface area contributed by atoms with E-state index in [1.54, 1.807) is 0 Å². The second-order valence-corrected chi connectivity index (χ2v) is 7.66. The van der Waals surface area contributed by atoms with Crippen LogP contribution in [0.1, 0.15) is 9.67 Å². The summed E-state index contributed by atoms with van der Waals surface area (Å²) in [6.07, 6.45) is 3.61. The fourth-order valence-electron chi connectivity index (χ4n) is 3.00. The van der Waals surface area contributed by atoms with Gasteiger partial charge in [0.05, 0.1) is 33.3 Å². The molecule has 5 rings (SSSR count). The van der Waals surface area contributed by atoms with Gasteiger partial charge in [0.15, 0.2) is 5.65 Å². The lowest BCUT2D eigenvalue weighted by Gasteiger charge is -2.09. The van der Waals surface area contributed by atoms with Crippen molar-refractivity contribution in [3.8, 4) is 11.6 Å². The molecule has 1 amide bonds. The van der Waals surface area contributed by atoms with Gasteiger partial charge in [0.25, 0.3) is 5.91 Å². The van der Waals surface area contributed by atoms with Gasteiger partial charge in [0.2, 0.25) is 11.9 Å². The Morgan fingerprint density at radius 3 is 2.58 bits per heavy atom. The topological polar surface area (TPSA) is 134 Å². The summed E-state index contributed by atoms with van der Waals surface area (Å²) in [5.74, 6) is -1.81. The molecule has 0 aliphatic rings. The lowest BCUT2D eigenvalue weighted by molar-refractivity contribution is -0.380. The van der Waals surface area contributed by atoms with E-state index in [4.69, 9.17) is 0 Å². The molecule has 1 N–H and O–H groups in total. The molecule has 0 aliphatic heterocycles. The zero-order valence-corrected chi connectivity index (χ0v) is 17.0. The van der Waals surface area contributed by atoms with Gasteiger partial charge < -0.3 is 5.32 Å². The highest BCUT2D eigenvalue weighted by Gasteiger charge is 2.20. The first-order valence-electron chi connectivity index (χ1n) is 9.16. The number of hydrogen-bond acceptors (Lipinski definition) is 8. The fourth-order valence-corrected chi connectivity index (χ4v) is 3.72. The molecule has 0 fully saturated rings. The van der Waals surface area contributed by atoms with E-state index in [2.05, 4.69) is 25.4 Å². The number of hydrogen-bond donors (Lipinski definition) is 1. The summed E-state index contributed by atoms with van der Waals surface area (Å²) in [6.45, 7) is 0. The number of nitrogens with zero attached hydrogens (tertiary/aromatic N) is 7. The van der Waals surface area contributed by atoms with Gasteiger partial charge >= 0.3 is 5.00 Å². The van der Waals surface area contributed by atoms with Gasteiger partial charge in [-0.3, -0.25) is 19.5 Å². The minimum absolute atomic E-state index is 0.0183. The summed E-state index contributed by atoms with van der Waals surface area (Å²) < 4.78 is 29.5. The third-order valence-electron chi connectivity index (χ3n) is 4.50. The lowest BCUT2D eigenvalue weighted by Crippen LogP contribution is -2.13. The molecule has 33 heavy (non-hydrogen) atoms. The number of nitro groups is 1. The third kappa shape index (κ3) is 3.78. The van der Waals surface area contributed by atoms with Crippen LogP contribution < -0.4 is 5.32 Å². The summed E-state index contributed by atoms with van der Waals surface area (Å²) in [7, 11) is 0. The predicted molar refractivity (Wildman–Crippen MR) is 113 cm³/mol. The molecule has 164 valence electrons. The molecular formula is C19H10F2N8O3S. The highest BCUT2D eigenvalue weighted by atomic mass is 32.1. The fraction of sp³-hybridized carbons (Fsp3) is 0. The van der Waals surface area contributed by atoms with E-state index < -0.39 is 22.6 Å². The zero-order valence-electron chi connectivity index (χ0n) is 16.2. The average molecular weight is 468 g/mol. The van der Waals surface area contributed by atoms with Gasteiger partial charge in [-0.15, -0.1) is 0 Å². The van der Waals surface area contributed by atoms with E-state index in [-0.39, 0.29) is 27.3 Å². The zero-order chi connectivity index (χ0) is 23.1. The monoisotopic (exact) mass is 468 g/mol. The van der Waals surface area contributed by atoms with Crippen molar-refractivity contribution in [2.75, 3.05) is 5.32 Å². The Kier molecular flexibility index (Phi) is 4.82. The maximum absolute atomic E-state index is 13.5. The number of aromatic nitrogens is 6. The third-order valence-corrected chi connectivity index (χ3v) is 5.53. The number of imidazole rings is 1. The molecule has 1 aromatic carbocycles. The van der Waals surface area contributed by atoms with Crippen molar-refractivity contribution in [3.05, 3.63) is 81.9 Å². The van der Waals surface area contributed by atoms with Crippen LogP contribution in [-0.4, -0.2) is 40.1 Å².